The summed E-state index contributed by atoms with van der Waals surface area (Å²) < 4.78 is 4.13. The summed E-state index contributed by atoms with van der Waals surface area (Å²) in [5, 5.41) is 3.00. The number of benzene rings is 3. The molecule has 5 aromatic rings. The molecule has 0 aliphatic carbocycles. The van der Waals surface area contributed by atoms with Crippen molar-refractivity contribution in [2.75, 3.05) is 0 Å². The van der Waals surface area contributed by atoms with Crippen molar-refractivity contribution in [3.63, 3.8) is 0 Å². The fourth-order valence-electron chi connectivity index (χ4n) is 3.43. The van der Waals surface area contributed by atoms with Crippen molar-refractivity contribution in [1.29, 1.82) is 0 Å². The topological polar surface area (TPSA) is 46.4 Å². The minimum Gasteiger partial charge on any atom is -0.348 e. The summed E-state index contributed by atoms with van der Waals surface area (Å²) in [5.41, 5.74) is 6.05. The van der Waals surface area contributed by atoms with Crippen LogP contribution in [-0.2, 0) is 6.54 Å². The van der Waals surface area contributed by atoms with Crippen LogP contribution in [-0.4, -0.2) is 15.3 Å². The standard InChI is InChI=1S/C24H18BrN3OS/c1-15-6-8-16(9-7-15)20-14-28-21-11-10-17(12-22(21)30-24(28)27-20)23(29)26-13-18-4-2-3-5-19(18)25/h2-12,14H,13H2,1H3,(H,26,29). The third-order valence-corrected chi connectivity index (χ3v) is 6.89. The van der Waals surface area contributed by atoms with Gasteiger partial charge in [-0.1, -0.05) is 75.3 Å². The number of halogens is 1. The zero-order chi connectivity index (χ0) is 20.7. The average Bonchev–Trinajstić information content (AvgIpc) is 3.31. The SMILES string of the molecule is Cc1ccc(-c2cn3c(n2)sc2cc(C(=O)NCc4ccccc4Br)ccc23)cc1. The van der Waals surface area contributed by atoms with E-state index in [9.17, 15) is 4.79 Å². The highest BCUT2D eigenvalue weighted by Crippen LogP contribution is 2.30. The van der Waals surface area contributed by atoms with Crippen LogP contribution in [0, 0.1) is 6.92 Å². The Morgan fingerprint density at radius 1 is 1.10 bits per heavy atom. The molecule has 30 heavy (non-hydrogen) atoms. The van der Waals surface area contributed by atoms with Crippen LogP contribution < -0.4 is 5.32 Å². The number of carbonyl (C=O) groups excluding carboxylic acids is 1. The first-order valence-electron chi connectivity index (χ1n) is 9.59. The predicted octanol–water partition coefficient (Wildman–Crippen LogP) is 6.22. The number of nitrogens with zero attached hydrogens (tertiary/aromatic N) is 2. The summed E-state index contributed by atoms with van der Waals surface area (Å²) in [4.78, 5) is 18.4. The molecule has 5 rings (SSSR count). The summed E-state index contributed by atoms with van der Waals surface area (Å²) in [6.07, 6.45) is 2.06. The number of rotatable bonds is 4. The van der Waals surface area contributed by atoms with Gasteiger partial charge in [0.05, 0.1) is 15.9 Å². The lowest BCUT2D eigenvalue weighted by Gasteiger charge is -2.07. The van der Waals surface area contributed by atoms with Crippen LogP contribution in [0.1, 0.15) is 21.5 Å². The number of hydrogen-bond donors (Lipinski definition) is 1. The molecule has 0 spiro atoms. The summed E-state index contributed by atoms with van der Waals surface area (Å²) in [6, 6.07) is 22.1. The maximum Gasteiger partial charge on any atom is 0.251 e. The summed E-state index contributed by atoms with van der Waals surface area (Å²) in [7, 11) is 0. The van der Waals surface area contributed by atoms with Crippen molar-refractivity contribution in [2.45, 2.75) is 13.5 Å². The Balaban J connectivity index is 1.41. The molecule has 0 bridgehead atoms. The van der Waals surface area contributed by atoms with Crippen LogP contribution in [0.15, 0.2) is 77.4 Å². The number of aryl methyl sites for hydroxylation is 1. The quantitative estimate of drug-likeness (QED) is 0.335. The molecule has 2 heterocycles. The largest absolute Gasteiger partial charge is 0.348 e. The van der Waals surface area contributed by atoms with Gasteiger partial charge < -0.3 is 5.32 Å². The monoisotopic (exact) mass is 475 g/mol. The minimum atomic E-state index is -0.0842. The van der Waals surface area contributed by atoms with Crippen molar-refractivity contribution < 1.29 is 4.79 Å². The molecular formula is C24H18BrN3OS. The van der Waals surface area contributed by atoms with E-state index in [1.165, 1.54) is 5.56 Å². The molecule has 0 aliphatic heterocycles. The Morgan fingerprint density at radius 2 is 1.90 bits per heavy atom. The normalized spacial score (nSPS) is 11.3. The molecule has 4 nitrogen and oxygen atoms in total. The van der Waals surface area contributed by atoms with Crippen LogP contribution in [0.4, 0.5) is 0 Å². The molecule has 6 heteroatoms. The van der Waals surface area contributed by atoms with E-state index in [4.69, 9.17) is 4.98 Å². The lowest BCUT2D eigenvalue weighted by Crippen LogP contribution is -2.22. The lowest BCUT2D eigenvalue weighted by molar-refractivity contribution is 0.0951. The molecule has 0 atom stereocenters. The zero-order valence-corrected chi connectivity index (χ0v) is 18.6. The second-order valence-corrected chi connectivity index (χ2v) is 9.07. The van der Waals surface area contributed by atoms with Crippen molar-refractivity contribution >= 4 is 48.4 Å². The van der Waals surface area contributed by atoms with E-state index >= 15 is 0 Å². The molecule has 0 unspecified atom stereocenters. The molecule has 3 aromatic carbocycles. The summed E-state index contributed by atoms with van der Waals surface area (Å²) in [6.45, 7) is 2.56. The van der Waals surface area contributed by atoms with Gasteiger partial charge in [0.15, 0.2) is 4.96 Å². The van der Waals surface area contributed by atoms with E-state index < -0.39 is 0 Å². The van der Waals surface area contributed by atoms with Gasteiger partial charge in [0.25, 0.3) is 5.91 Å². The van der Waals surface area contributed by atoms with Crippen LogP contribution in [0.2, 0.25) is 0 Å². The Bertz CT molecular complexity index is 1390. The molecular weight excluding hydrogens is 458 g/mol. The Hall–Kier alpha value is -2.96. The molecule has 0 radical (unpaired) electrons. The van der Waals surface area contributed by atoms with E-state index in [1.807, 2.05) is 42.5 Å². The van der Waals surface area contributed by atoms with Crippen molar-refractivity contribution in [1.82, 2.24) is 14.7 Å². The predicted molar refractivity (Wildman–Crippen MR) is 126 cm³/mol. The van der Waals surface area contributed by atoms with E-state index in [-0.39, 0.29) is 5.91 Å². The van der Waals surface area contributed by atoms with Gasteiger partial charge in [-0.3, -0.25) is 9.20 Å². The lowest BCUT2D eigenvalue weighted by atomic mass is 10.1. The molecule has 0 saturated heterocycles. The first kappa shape index (κ1) is 19.0. The van der Waals surface area contributed by atoms with Crippen molar-refractivity contribution in [3.05, 3.63) is 94.1 Å². The van der Waals surface area contributed by atoms with E-state index in [0.717, 1.165) is 36.5 Å². The molecule has 148 valence electrons. The number of carbonyl (C=O) groups is 1. The van der Waals surface area contributed by atoms with Gasteiger partial charge >= 0.3 is 0 Å². The van der Waals surface area contributed by atoms with Gasteiger partial charge in [0, 0.05) is 28.3 Å². The average molecular weight is 476 g/mol. The third kappa shape index (κ3) is 3.53. The number of imidazole rings is 1. The highest BCUT2D eigenvalue weighted by Gasteiger charge is 2.13. The molecule has 1 N–H and O–H groups in total. The first-order valence-corrected chi connectivity index (χ1v) is 11.2. The smallest absolute Gasteiger partial charge is 0.251 e. The van der Waals surface area contributed by atoms with Gasteiger partial charge in [-0.05, 0) is 36.8 Å². The van der Waals surface area contributed by atoms with Crippen molar-refractivity contribution in [3.8, 4) is 11.3 Å². The highest BCUT2D eigenvalue weighted by atomic mass is 79.9. The first-order chi connectivity index (χ1) is 14.6. The maximum atomic E-state index is 12.6. The number of thiazole rings is 1. The van der Waals surface area contributed by atoms with Crippen LogP contribution in [0.3, 0.4) is 0 Å². The van der Waals surface area contributed by atoms with Gasteiger partial charge in [-0.2, -0.15) is 0 Å². The number of nitrogens with one attached hydrogen (secondary N) is 1. The van der Waals surface area contributed by atoms with Gasteiger partial charge in [-0.15, -0.1) is 0 Å². The fraction of sp³-hybridized carbons (Fsp3) is 0.0833. The maximum absolute atomic E-state index is 12.6. The molecule has 2 aromatic heterocycles. The molecule has 1 amide bonds. The Labute approximate surface area is 186 Å². The Kier molecular flexibility index (Phi) is 4.89. The van der Waals surface area contributed by atoms with E-state index in [0.29, 0.717) is 12.1 Å². The summed E-state index contributed by atoms with van der Waals surface area (Å²) in [5.74, 6) is -0.0842. The van der Waals surface area contributed by atoms with Gasteiger partial charge in [-0.25, -0.2) is 4.98 Å². The molecule has 0 fully saturated rings. The summed E-state index contributed by atoms with van der Waals surface area (Å²) >= 11 is 5.11. The second-order valence-electron chi connectivity index (χ2n) is 7.20. The number of aromatic nitrogens is 2. The zero-order valence-electron chi connectivity index (χ0n) is 16.2. The fourth-order valence-corrected chi connectivity index (χ4v) is 4.90. The number of hydrogen-bond acceptors (Lipinski definition) is 3. The number of amides is 1. The Morgan fingerprint density at radius 3 is 2.70 bits per heavy atom. The van der Waals surface area contributed by atoms with Crippen LogP contribution >= 0.6 is 27.3 Å². The van der Waals surface area contributed by atoms with E-state index in [1.54, 1.807) is 11.3 Å². The van der Waals surface area contributed by atoms with Crippen molar-refractivity contribution in [2.24, 2.45) is 0 Å². The number of fused-ring (bicyclic) bond motifs is 3. The van der Waals surface area contributed by atoms with Gasteiger partial charge in [0.2, 0.25) is 0 Å². The minimum absolute atomic E-state index is 0.0842. The van der Waals surface area contributed by atoms with Crippen LogP contribution in [0.5, 0.6) is 0 Å². The highest BCUT2D eigenvalue weighted by molar-refractivity contribution is 9.10. The molecule has 0 aliphatic rings. The second kappa shape index (κ2) is 7.70. The molecule has 0 saturated carbocycles. The third-order valence-electron chi connectivity index (χ3n) is 5.10. The van der Waals surface area contributed by atoms with E-state index in [2.05, 4.69) is 63.0 Å². The van der Waals surface area contributed by atoms with Crippen LogP contribution in [0.25, 0.3) is 26.4 Å². The van der Waals surface area contributed by atoms with Gasteiger partial charge in [0.1, 0.15) is 0 Å².